The van der Waals surface area contributed by atoms with Gasteiger partial charge in [0, 0.05) is 13.1 Å². The summed E-state index contributed by atoms with van der Waals surface area (Å²) in [5.41, 5.74) is 2.51. The maximum atomic E-state index is 12.6. The lowest BCUT2D eigenvalue weighted by molar-refractivity contribution is 0.00865. The lowest BCUT2D eigenvalue weighted by Crippen LogP contribution is -2.48. The molecule has 24 heavy (non-hydrogen) atoms. The normalized spacial score (nSPS) is 20.8. The molecule has 0 radical (unpaired) electrons. The van der Waals surface area contributed by atoms with E-state index in [9.17, 15) is 4.79 Å². The van der Waals surface area contributed by atoms with Crippen molar-refractivity contribution < 1.29 is 9.53 Å². The summed E-state index contributed by atoms with van der Waals surface area (Å²) in [6, 6.07) is 8.21. The van der Waals surface area contributed by atoms with Crippen LogP contribution >= 0.6 is 0 Å². The van der Waals surface area contributed by atoms with Gasteiger partial charge in [-0.05, 0) is 29.9 Å². The first-order valence-electron chi connectivity index (χ1n) is 8.37. The van der Waals surface area contributed by atoms with E-state index in [1.165, 1.54) is 24.7 Å². The molecule has 2 heterocycles. The van der Waals surface area contributed by atoms with E-state index in [-0.39, 0.29) is 12.1 Å². The van der Waals surface area contributed by atoms with Crippen molar-refractivity contribution in [3.63, 3.8) is 0 Å². The highest BCUT2D eigenvalue weighted by molar-refractivity contribution is 5.74. The van der Waals surface area contributed by atoms with Crippen LogP contribution < -0.4 is 5.32 Å². The number of hydrogen-bond acceptors (Lipinski definition) is 4. The Morgan fingerprint density at radius 2 is 2.17 bits per heavy atom. The lowest BCUT2D eigenvalue weighted by atomic mass is 10.1. The van der Waals surface area contributed by atoms with Gasteiger partial charge in [-0.3, -0.25) is 5.10 Å². The van der Waals surface area contributed by atoms with Crippen LogP contribution in [0.25, 0.3) is 0 Å². The number of rotatable bonds is 4. The first-order chi connectivity index (χ1) is 11.8. The fraction of sp³-hybridized carbons (Fsp3) is 0.471. The Morgan fingerprint density at radius 3 is 2.88 bits per heavy atom. The molecule has 4 rings (SSSR count). The zero-order valence-electron chi connectivity index (χ0n) is 13.4. The fourth-order valence-corrected chi connectivity index (χ4v) is 3.05. The maximum Gasteiger partial charge on any atom is 0.318 e. The third kappa shape index (κ3) is 3.26. The Bertz CT molecular complexity index is 682. The number of urea groups is 1. The topological polar surface area (TPSA) is 83.1 Å². The Balaban J connectivity index is 1.37. The summed E-state index contributed by atoms with van der Waals surface area (Å²) in [5.74, 6) is 1.41. The molecule has 126 valence electrons. The van der Waals surface area contributed by atoms with Crippen molar-refractivity contribution >= 4 is 6.03 Å². The summed E-state index contributed by atoms with van der Waals surface area (Å²) in [7, 11) is 0. The largest absolute Gasteiger partial charge is 0.377 e. The van der Waals surface area contributed by atoms with E-state index in [1.807, 2.05) is 0 Å². The van der Waals surface area contributed by atoms with E-state index in [2.05, 4.69) is 44.8 Å². The van der Waals surface area contributed by atoms with Crippen molar-refractivity contribution in [2.75, 3.05) is 19.8 Å². The van der Waals surface area contributed by atoms with E-state index in [0.717, 1.165) is 11.5 Å². The minimum Gasteiger partial charge on any atom is -0.377 e. The van der Waals surface area contributed by atoms with Crippen molar-refractivity contribution in [3.05, 3.63) is 47.5 Å². The number of aromatic amines is 1. The molecule has 7 nitrogen and oxygen atoms in total. The second-order valence-corrected chi connectivity index (χ2v) is 6.33. The minimum atomic E-state index is -0.224. The Labute approximate surface area is 140 Å². The standard InChI is InChI=1S/C17H21N5O2/c23-17(18-9-12-1-3-13(4-2-12)14-5-6-14)22-7-8-24-10-15(22)16-19-11-20-21-16/h1-4,11,14-15H,5-10H2,(H,18,23)(H,19,20,21). The molecule has 1 unspecified atom stereocenters. The molecule has 1 saturated carbocycles. The molecular weight excluding hydrogens is 306 g/mol. The van der Waals surface area contributed by atoms with Crippen molar-refractivity contribution in [2.45, 2.75) is 31.3 Å². The number of hydrogen-bond donors (Lipinski definition) is 2. The third-order valence-electron chi connectivity index (χ3n) is 4.61. The number of carbonyl (C=O) groups excluding carboxylic acids is 1. The van der Waals surface area contributed by atoms with Crippen molar-refractivity contribution in [1.82, 2.24) is 25.4 Å². The average molecular weight is 327 g/mol. The number of amides is 2. The molecule has 0 spiro atoms. The zero-order valence-corrected chi connectivity index (χ0v) is 13.4. The molecule has 2 N–H and O–H groups in total. The van der Waals surface area contributed by atoms with Gasteiger partial charge in [0.2, 0.25) is 0 Å². The van der Waals surface area contributed by atoms with Crippen LogP contribution in [-0.2, 0) is 11.3 Å². The Hall–Kier alpha value is -2.41. The predicted molar refractivity (Wildman–Crippen MR) is 87.3 cm³/mol. The van der Waals surface area contributed by atoms with Crippen LogP contribution in [0.15, 0.2) is 30.6 Å². The highest BCUT2D eigenvalue weighted by atomic mass is 16.5. The monoisotopic (exact) mass is 327 g/mol. The van der Waals surface area contributed by atoms with Crippen LogP contribution in [0.5, 0.6) is 0 Å². The third-order valence-corrected chi connectivity index (χ3v) is 4.61. The van der Waals surface area contributed by atoms with Crippen LogP contribution in [0.3, 0.4) is 0 Å². The van der Waals surface area contributed by atoms with E-state index < -0.39 is 0 Å². The molecule has 0 bridgehead atoms. The number of H-pyrrole nitrogens is 1. The van der Waals surface area contributed by atoms with Gasteiger partial charge in [0.05, 0.1) is 13.2 Å². The van der Waals surface area contributed by atoms with Gasteiger partial charge in [0.15, 0.2) is 0 Å². The quantitative estimate of drug-likeness (QED) is 0.899. The van der Waals surface area contributed by atoms with Gasteiger partial charge in [-0.25, -0.2) is 9.78 Å². The van der Waals surface area contributed by atoms with Crippen LogP contribution in [0.4, 0.5) is 4.79 Å². The second-order valence-electron chi connectivity index (χ2n) is 6.33. The molecule has 1 aliphatic heterocycles. The summed E-state index contributed by atoms with van der Waals surface area (Å²) < 4.78 is 5.48. The van der Waals surface area contributed by atoms with Crippen molar-refractivity contribution in [1.29, 1.82) is 0 Å². The molecule has 1 saturated heterocycles. The van der Waals surface area contributed by atoms with Crippen LogP contribution in [0.2, 0.25) is 0 Å². The summed E-state index contributed by atoms with van der Waals surface area (Å²) in [6.07, 6.45) is 4.05. The number of nitrogens with zero attached hydrogens (tertiary/aromatic N) is 3. The van der Waals surface area contributed by atoms with E-state index in [1.54, 1.807) is 4.90 Å². The number of benzene rings is 1. The molecule has 1 aromatic heterocycles. The van der Waals surface area contributed by atoms with Crippen LogP contribution in [0, 0.1) is 0 Å². The smallest absolute Gasteiger partial charge is 0.318 e. The molecule has 2 aromatic rings. The lowest BCUT2D eigenvalue weighted by Gasteiger charge is -2.34. The van der Waals surface area contributed by atoms with Crippen molar-refractivity contribution in [3.8, 4) is 0 Å². The highest BCUT2D eigenvalue weighted by Gasteiger charge is 2.30. The van der Waals surface area contributed by atoms with Gasteiger partial charge in [0.1, 0.15) is 18.2 Å². The summed E-state index contributed by atoms with van der Waals surface area (Å²) in [6.45, 7) is 2.02. The molecule has 2 amide bonds. The zero-order chi connectivity index (χ0) is 16.4. The summed E-state index contributed by atoms with van der Waals surface area (Å²) in [4.78, 5) is 18.5. The second kappa shape index (κ2) is 6.60. The predicted octanol–water partition coefficient (Wildman–Crippen LogP) is 1.97. The first kappa shape index (κ1) is 15.1. The maximum absolute atomic E-state index is 12.6. The number of ether oxygens (including phenoxy) is 1. The average Bonchev–Trinajstić information content (AvgIpc) is 3.34. The summed E-state index contributed by atoms with van der Waals surface area (Å²) >= 11 is 0. The minimum absolute atomic E-state index is 0.106. The van der Waals surface area contributed by atoms with Crippen LogP contribution in [0.1, 0.15) is 41.8 Å². The number of nitrogens with one attached hydrogen (secondary N) is 2. The number of carbonyl (C=O) groups is 1. The van der Waals surface area contributed by atoms with E-state index in [0.29, 0.717) is 32.1 Å². The van der Waals surface area contributed by atoms with Crippen LogP contribution in [-0.4, -0.2) is 45.9 Å². The summed E-state index contributed by atoms with van der Waals surface area (Å²) in [5, 5.41) is 9.68. The Kier molecular flexibility index (Phi) is 4.17. The van der Waals surface area contributed by atoms with Gasteiger partial charge in [0.25, 0.3) is 0 Å². The SMILES string of the molecule is O=C(NCc1ccc(C2CC2)cc1)N1CCOCC1c1ncn[nH]1. The molecule has 1 atom stereocenters. The fourth-order valence-electron chi connectivity index (χ4n) is 3.05. The Morgan fingerprint density at radius 1 is 1.33 bits per heavy atom. The molecule has 1 aromatic carbocycles. The molecule has 7 heteroatoms. The van der Waals surface area contributed by atoms with E-state index >= 15 is 0 Å². The van der Waals surface area contributed by atoms with Gasteiger partial charge in [-0.2, -0.15) is 5.10 Å². The number of morpholine rings is 1. The van der Waals surface area contributed by atoms with Gasteiger partial charge >= 0.3 is 6.03 Å². The molecule has 2 aliphatic rings. The highest BCUT2D eigenvalue weighted by Crippen LogP contribution is 2.39. The molecular formula is C17H21N5O2. The van der Waals surface area contributed by atoms with Gasteiger partial charge in [-0.1, -0.05) is 24.3 Å². The molecule has 1 aliphatic carbocycles. The first-order valence-corrected chi connectivity index (χ1v) is 8.37. The number of aromatic nitrogens is 3. The molecule has 2 fully saturated rings. The van der Waals surface area contributed by atoms with Gasteiger partial charge < -0.3 is 15.0 Å². The van der Waals surface area contributed by atoms with E-state index in [4.69, 9.17) is 4.74 Å². The van der Waals surface area contributed by atoms with Crippen molar-refractivity contribution in [2.24, 2.45) is 0 Å². The van der Waals surface area contributed by atoms with Gasteiger partial charge in [-0.15, -0.1) is 0 Å².